The molecule has 1 N–H and O–H groups in total. The normalized spacial score (nSPS) is 22.8. The van der Waals surface area contributed by atoms with Crippen molar-refractivity contribution in [3.05, 3.63) is 0 Å². The van der Waals surface area contributed by atoms with E-state index in [-0.39, 0.29) is 12.1 Å². The summed E-state index contributed by atoms with van der Waals surface area (Å²) in [6.07, 6.45) is 1.75. The molecule has 1 aliphatic heterocycles. The summed E-state index contributed by atoms with van der Waals surface area (Å²) in [5.74, 6) is 0. The molecule has 0 saturated carbocycles. The van der Waals surface area contributed by atoms with Crippen LogP contribution in [0.3, 0.4) is 0 Å². The van der Waals surface area contributed by atoms with Crippen molar-refractivity contribution in [3.63, 3.8) is 0 Å². The fourth-order valence-electron chi connectivity index (χ4n) is 2.49. The molecule has 0 spiro atoms. The summed E-state index contributed by atoms with van der Waals surface area (Å²) < 4.78 is 11.0. The Labute approximate surface area is 129 Å². The second-order valence-corrected chi connectivity index (χ2v) is 7.02. The maximum absolute atomic E-state index is 12.3. The Morgan fingerprint density at radius 2 is 2.05 bits per heavy atom. The van der Waals surface area contributed by atoms with Crippen LogP contribution in [-0.4, -0.2) is 54.5 Å². The Morgan fingerprint density at radius 1 is 1.38 bits per heavy atom. The van der Waals surface area contributed by atoms with Crippen molar-refractivity contribution < 1.29 is 14.3 Å². The fourth-order valence-corrected chi connectivity index (χ4v) is 2.49. The van der Waals surface area contributed by atoms with Gasteiger partial charge in [0.15, 0.2) is 0 Å². The first-order valence-electron chi connectivity index (χ1n) is 8.06. The summed E-state index contributed by atoms with van der Waals surface area (Å²) in [6.45, 7) is 14.0. The number of nitrogens with one attached hydrogen (secondary N) is 1. The van der Waals surface area contributed by atoms with Gasteiger partial charge < -0.3 is 19.7 Å². The summed E-state index contributed by atoms with van der Waals surface area (Å²) in [5, 5.41) is 3.55. The molecule has 1 aliphatic rings. The number of morpholine rings is 1. The van der Waals surface area contributed by atoms with Crippen LogP contribution in [-0.2, 0) is 9.47 Å². The van der Waals surface area contributed by atoms with Crippen molar-refractivity contribution in [2.75, 3.05) is 19.8 Å². The highest BCUT2D eigenvalue weighted by Gasteiger charge is 2.31. The standard InChI is InChI=1S/C16H32N2O3/c1-7-12(2)17-13(3)10-14-11-20-9-8-18(14)15(19)21-16(4,5)6/h12-14,17H,7-11H2,1-6H3. The van der Waals surface area contributed by atoms with Crippen LogP contribution in [0.25, 0.3) is 0 Å². The minimum Gasteiger partial charge on any atom is -0.444 e. The minimum absolute atomic E-state index is 0.0835. The van der Waals surface area contributed by atoms with Gasteiger partial charge >= 0.3 is 6.09 Å². The molecule has 3 atom stereocenters. The number of carbonyl (C=O) groups excluding carboxylic acids is 1. The van der Waals surface area contributed by atoms with Gasteiger partial charge in [-0.15, -0.1) is 0 Å². The van der Waals surface area contributed by atoms with Gasteiger partial charge in [0.1, 0.15) is 5.60 Å². The number of carbonyl (C=O) groups is 1. The van der Waals surface area contributed by atoms with Gasteiger partial charge in [-0.2, -0.15) is 0 Å². The number of amides is 1. The Bertz CT molecular complexity index is 328. The number of hydrogen-bond donors (Lipinski definition) is 1. The molecule has 5 nitrogen and oxygen atoms in total. The average Bonchev–Trinajstić information content (AvgIpc) is 2.36. The van der Waals surface area contributed by atoms with E-state index < -0.39 is 5.60 Å². The van der Waals surface area contributed by atoms with Crippen LogP contribution >= 0.6 is 0 Å². The monoisotopic (exact) mass is 300 g/mol. The lowest BCUT2D eigenvalue weighted by atomic mass is 10.1. The third-order valence-corrected chi connectivity index (χ3v) is 3.66. The Balaban J connectivity index is 2.58. The molecule has 1 rings (SSSR count). The maximum atomic E-state index is 12.3. The molecule has 0 aromatic carbocycles. The molecule has 21 heavy (non-hydrogen) atoms. The predicted octanol–water partition coefficient (Wildman–Crippen LogP) is 2.79. The maximum Gasteiger partial charge on any atom is 0.410 e. The largest absolute Gasteiger partial charge is 0.444 e. The molecule has 0 aromatic rings. The number of ether oxygens (including phenoxy) is 2. The van der Waals surface area contributed by atoms with Gasteiger partial charge in [0.2, 0.25) is 0 Å². The van der Waals surface area contributed by atoms with Crippen LogP contribution in [0.15, 0.2) is 0 Å². The van der Waals surface area contributed by atoms with Crippen LogP contribution < -0.4 is 5.32 Å². The SMILES string of the molecule is CCC(C)NC(C)CC1COCCN1C(=O)OC(C)(C)C. The molecule has 0 radical (unpaired) electrons. The van der Waals surface area contributed by atoms with Gasteiger partial charge in [-0.1, -0.05) is 6.92 Å². The van der Waals surface area contributed by atoms with Gasteiger partial charge in [0.25, 0.3) is 0 Å². The first-order chi connectivity index (χ1) is 9.73. The molecule has 1 heterocycles. The Morgan fingerprint density at radius 3 is 2.62 bits per heavy atom. The zero-order chi connectivity index (χ0) is 16.0. The highest BCUT2D eigenvalue weighted by Crippen LogP contribution is 2.17. The van der Waals surface area contributed by atoms with E-state index in [1.165, 1.54) is 0 Å². The van der Waals surface area contributed by atoms with Crippen molar-refractivity contribution in [2.24, 2.45) is 0 Å². The first kappa shape index (κ1) is 18.2. The smallest absolute Gasteiger partial charge is 0.410 e. The van der Waals surface area contributed by atoms with E-state index in [0.717, 1.165) is 12.8 Å². The van der Waals surface area contributed by atoms with Crippen LogP contribution in [0.1, 0.15) is 54.4 Å². The lowest BCUT2D eigenvalue weighted by Gasteiger charge is -2.38. The van der Waals surface area contributed by atoms with Crippen molar-refractivity contribution in [1.29, 1.82) is 0 Å². The van der Waals surface area contributed by atoms with Gasteiger partial charge in [-0.3, -0.25) is 0 Å². The second-order valence-electron chi connectivity index (χ2n) is 7.02. The molecular weight excluding hydrogens is 268 g/mol. The highest BCUT2D eigenvalue weighted by molar-refractivity contribution is 5.68. The summed E-state index contributed by atoms with van der Waals surface area (Å²) in [4.78, 5) is 14.1. The van der Waals surface area contributed by atoms with E-state index in [9.17, 15) is 4.79 Å². The van der Waals surface area contributed by atoms with E-state index in [1.807, 2.05) is 25.7 Å². The summed E-state index contributed by atoms with van der Waals surface area (Å²) in [6, 6.07) is 0.913. The minimum atomic E-state index is -0.458. The van der Waals surface area contributed by atoms with Gasteiger partial charge in [0.05, 0.1) is 19.3 Å². The van der Waals surface area contributed by atoms with Crippen LogP contribution in [0.4, 0.5) is 4.79 Å². The van der Waals surface area contributed by atoms with Gasteiger partial charge in [-0.05, 0) is 47.5 Å². The lowest BCUT2D eigenvalue weighted by molar-refractivity contribution is -0.0357. The number of nitrogens with zero attached hydrogens (tertiary/aromatic N) is 1. The van der Waals surface area contributed by atoms with Crippen molar-refractivity contribution in [2.45, 2.75) is 78.1 Å². The number of hydrogen-bond acceptors (Lipinski definition) is 4. The molecular formula is C16H32N2O3. The van der Waals surface area contributed by atoms with Crippen molar-refractivity contribution in [3.8, 4) is 0 Å². The molecule has 0 aromatic heterocycles. The van der Waals surface area contributed by atoms with E-state index in [4.69, 9.17) is 9.47 Å². The molecule has 124 valence electrons. The summed E-state index contributed by atoms with van der Waals surface area (Å²) in [7, 11) is 0. The Hall–Kier alpha value is -0.810. The van der Waals surface area contributed by atoms with E-state index in [1.54, 1.807) is 0 Å². The average molecular weight is 300 g/mol. The first-order valence-corrected chi connectivity index (χ1v) is 8.06. The summed E-state index contributed by atoms with van der Waals surface area (Å²) >= 11 is 0. The lowest BCUT2D eigenvalue weighted by Crippen LogP contribution is -2.52. The van der Waals surface area contributed by atoms with Crippen molar-refractivity contribution in [1.82, 2.24) is 10.2 Å². The quantitative estimate of drug-likeness (QED) is 0.848. The van der Waals surface area contributed by atoms with E-state index in [2.05, 4.69) is 26.1 Å². The zero-order valence-corrected chi connectivity index (χ0v) is 14.4. The Kier molecular flexibility index (Phi) is 6.94. The van der Waals surface area contributed by atoms with Crippen LogP contribution in [0, 0.1) is 0 Å². The molecule has 3 unspecified atom stereocenters. The molecule has 5 heteroatoms. The fraction of sp³-hybridized carbons (Fsp3) is 0.938. The number of rotatable bonds is 5. The van der Waals surface area contributed by atoms with E-state index >= 15 is 0 Å². The topological polar surface area (TPSA) is 50.8 Å². The highest BCUT2D eigenvalue weighted by atomic mass is 16.6. The molecule has 0 aliphatic carbocycles. The molecule has 0 bridgehead atoms. The third-order valence-electron chi connectivity index (χ3n) is 3.66. The van der Waals surface area contributed by atoms with Crippen molar-refractivity contribution >= 4 is 6.09 Å². The predicted molar refractivity (Wildman–Crippen MR) is 84.5 cm³/mol. The van der Waals surface area contributed by atoms with Gasteiger partial charge in [-0.25, -0.2) is 4.79 Å². The van der Waals surface area contributed by atoms with E-state index in [0.29, 0.717) is 31.8 Å². The van der Waals surface area contributed by atoms with Gasteiger partial charge in [0, 0.05) is 18.6 Å². The third kappa shape index (κ3) is 6.66. The molecule has 1 fully saturated rings. The van der Waals surface area contributed by atoms with Crippen LogP contribution in [0.5, 0.6) is 0 Å². The molecule has 1 amide bonds. The molecule has 1 saturated heterocycles. The summed E-state index contributed by atoms with van der Waals surface area (Å²) in [5.41, 5.74) is -0.458. The second kappa shape index (κ2) is 7.99. The van der Waals surface area contributed by atoms with Crippen LogP contribution in [0.2, 0.25) is 0 Å². The zero-order valence-electron chi connectivity index (χ0n) is 14.4.